The number of piperidine rings is 1. The van der Waals surface area contributed by atoms with Crippen molar-refractivity contribution in [3.8, 4) is 0 Å². The summed E-state index contributed by atoms with van der Waals surface area (Å²) in [5, 5.41) is 6.58. The minimum atomic E-state index is -0.0413. The van der Waals surface area contributed by atoms with Crippen LogP contribution in [0, 0.1) is 5.92 Å². The standard InChI is InChI=1S/C19H28N4OS/c1-25-13-10-17(19-22-15-4-2-3-5-16(15)23-19)21-18(24)7-6-14-8-11-20-12-9-14/h2-5,14,17,20H,6-13H2,1H3,(H,21,24)(H,22,23). The number of hydrogen-bond acceptors (Lipinski definition) is 4. The highest BCUT2D eigenvalue weighted by atomic mass is 32.2. The van der Waals surface area contributed by atoms with Crippen LogP contribution in [0.25, 0.3) is 11.0 Å². The quantitative estimate of drug-likeness (QED) is 0.676. The van der Waals surface area contributed by atoms with Crippen molar-refractivity contribution in [1.82, 2.24) is 20.6 Å². The van der Waals surface area contributed by atoms with Crippen LogP contribution in [0.1, 0.15) is 44.0 Å². The van der Waals surface area contributed by atoms with Crippen molar-refractivity contribution in [2.45, 2.75) is 38.1 Å². The largest absolute Gasteiger partial charge is 0.346 e. The smallest absolute Gasteiger partial charge is 0.220 e. The lowest BCUT2D eigenvalue weighted by molar-refractivity contribution is -0.122. The van der Waals surface area contributed by atoms with E-state index in [9.17, 15) is 4.79 Å². The van der Waals surface area contributed by atoms with Gasteiger partial charge in [-0.25, -0.2) is 4.98 Å². The second-order valence-corrected chi connectivity index (χ2v) is 7.76. The van der Waals surface area contributed by atoms with Crippen molar-refractivity contribution >= 4 is 28.7 Å². The molecule has 0 bridgehead atoms. The fourth-order valence-electron chi connectivity index (χ4n) is 3.42. The Morgan fingerprint density at radius 1 is 1.36 bits per heavy atom. The maximum atomic E-state index is 12.5. The van der Waals surface area contributed by atoms with Crippen LogP contribution in [-0.2, 0) is 4.79 Å². The van der Waals surface area contributed by atoms with Gasteiger partial charge in [0.15, 0.2) is 0 Å². The Morgan fingerprint density at radius 3 is 2.92 bits per heavy atom. The summed E-state index contributed by atoms with van der Waals surface area (Å²) in [7, 11) is 0. The number of hydrogen-bond donors (Lipinski definition) is 3. The van der Waals surface area contributed by atoms with Gasteiger partial charge in [0.25, 0.3) is 0 Å². The number of aromatic nitrogens is 2. The molecule has 3 rings (SSSR count). The van der Waals surface area contributed by atoms with E-state index in [-0.39, 0.29) is 11.9 Å². The predicted octanol–water partition coefficient (Wildman–Crippen LogP) is 3.25. The molecule has 1 fully saturated rings. The Hall–Kier alpha value is -1.53. The fourth-order valence-corrected chi connectivity index (χ4v) is 3.89. The van der Waals surface area contributed by atoms with Crippen LogP contribution >= 0.6 is 11.8 Å². The van der Waals surface area contributed by atoms with Crippen LogP contribution in [0.4, 0.5) is 0 Å². The number of aromatic amines is 1. The van der Waals surface area contributed by atoms with Crippen molar-refractivity contribution in [3.05, 3.63) is 30.1 Å². The lowest BCUT2D eigenvalue weighted by Gasteiger charge is -2.23. The van der Waals surface area contributed by atoms with Crippen LogP contribution in [0.5, 0.6) is 0 Å². The van der Waals surface area contributed by atoms with Gasteiger partial charge in [-0.05, 0) is 68.8 Å². The Kier molecular flexibility index (Phi) is 6.76. The van der Waals surface area contributed by atoms with Crippen molar-refractivity contribution in [1.29, 1.82) is 0 Å². The predicted molar refractivity (Wildman–Crippen MR) is 105 cm³/mol. The third-order valence-corrected chi connectivity index (χ3v) is 5.57. The maximum absolute atomic E-state index is 12.5. The fraction of sp³-hybridized carbons (Fsp3) is 0.579. The monoisotopic (exact) mass is 360 g/mol. The van der Waals surface area contributed by atoms with E-state index < -0.39 is 0 Å². The molecule has 1 amide bonds. The van der Waals surface area contributed by atoms with Gasteiger partial charge in [-0.3, -0.25) is 4.79 Å². The first-order chi connectivity index (χ1) is 12.3. The van der Waals surface area contributed by atoms with Crippen LogP contribution in [-0.4, -0.2) is 41.0 Å². The van der Waals surface area contributed by atoms with E-state index in [1.54, 1.807) is 11.8 Å². The summed E-state index contributed by atoms with van der Waals surface area (Å²) >= 11 is 1.79. The zero-order valence-corrected chi connectivity index (χ0v) is 15.7. The summed E-state index contributed by atoms with van der Waals surface area (Å²) in [6.45, 7) is 2.17. The molecule has 25 heavy (non-hydrogen) atoms. The molecule has 1 aliphatic rings. The lowest BCUT2D eigenvalue weighted by Crippen LogP contribution is -2.31. The average Bonchev–Trinajstić information content (AvgIpc) is 3.08. The number of thioether (sulfide) groups is 1. The number of benzene rings is 1. The van der Waals surface area contributed by atoms with Gasteiger partial charge in [0, 0.05) is 6.42 Å². The average molecular weight is 361 g/mol. The molecule has 2 heterocycles. The summed E-state index contributed by atoms with van der Waals surface area (Å²) in [5.74, 6) is 2.69. The highest BCUT2D eigenvalue weighted by Crippen LogP contribution is 2.21. The van der Waals surface area contributed by atoms with E-state index in [2.05, 4.69) is 26.9 Å². The zero-order valence-electron chi connectivity index (χ0n) is 14.9. The zero-order chi connectivity index (χ0) is 17.5. The maximum Gasteiger partial charge on any atom is 0.220 e. The Bertz CT molecular complexity index is 648. The number of nitrogens with one attached hydrogen (secondary N) is 3. The van der Waals surface area contributed by atoms with E-state index in [1.807, 2.05) is 24.3 Å². The normalized spacial score (nSPS) is 16.8. The molecule has 1 atom stereocenters. The number of fused-ring (bicyclic) bond motifs is 1. The number of carbonyl (C=O) groups excluding carboxylic acids is 1. The number of amides is 1. The van der Waals surface area contributed by atoms with Gasteiger partial charge >= 0.3 is 0 Å². The Morgan fingerprint density at radius 2 is 2.16 bits per heavy atom. The van der Waals surface area contributed by atoms with E-state index in [1.165, 1.54) is 12.8 Å². The van der Waals surface area contributed by atoms with Crippen molar-refractivity contribution in [2.24, 2.45) is 5.92 Å². The summed E-state index contributed by atoms with van der Waals surface area (Å²) in [6, 6.07) is 7.97. The van der Waals surface area contributed by atoms with Crippen molar-refractivity contribution < 1.29 is 4.79 Å². The van der Waals surface area contributed by atoms with Gasteiger partial charge in [-0.15, -0.1) is 0 Å². The highest BCUT2D eigenvalue weighted by Gasteiger charge is 2.20. The van der Waals surface area contributed by atoms with Gasteiger partial charge in [0.2, 0.25) is 5.91 Å². The molecular formula is C19H28N4OS. The minimum absolute atomic E-state index is 0.0413. The molecule has 1 aromatic carbocycles. The van der Waals surface area contributed by atoms with E-state index in [0.717, 1.165) is 48.5 Å². The summed E-state index contributed by atoms with van der Waals surface area (Å²) < 4.78 is 0. The Balaban J connectivity index is 1.60. The van der Waals surface area contributed by atoms with Crippen LogP contribution < -0.4 is 10.6 Å². The third kappa shape index (κ3) is 5.22. The number of rotatable bonds is 8. The minimum Gasteiger partial charge on any atom is -0.346 e. The molecule has 136 valence electrons. The first-order valence-electron chi connectivity index (χ1n) is 9.20. The molecule has 2 aromatic rings. The number of carbonyl (C=O) groups is 1. The molecule has 1 aliphatic heterocycles. The van der Waals surface area contributed by atoms with E-state index in [0.29, 0.717) is 12.3 Å². The first-order valence-corrected chi connectivity index (χ1v) is 10.6. The molecule has 0 spiro atoms. The number of para-hydroxylation sites is 2. The van der Waals surface area contributed by atoms with Gasteiger partial charge in [0.05, 0.1) is 17.1 Å². The molecule has 0 aliphatic carbocycles. The molecular weight excluding hydrogens is 332 g/mol. The van der Waals surface area contributed by atoms with Gasteiger partial charge < -0.3 is 15.6 Å². The molecule has 6 heteroatoms. The molecule has 1 unspecified atom stereocenters. The lowest BCUT2D eigenvalue weighted by atomic mass is 9.93. The van der Waals surface area contributed by atoms with E-state index >= 15 is 0 Å². The molecule has 5 nitrogen and oxygen atoms in total. The summed E-state index contributed by atoms with van der Waals surface area (Å²) in [4.78, 5) is 20.5. The van der Waals surface area contributed by atoms with E-state index in [4.69, 9.17) is 0 Å². The SMILES string of the molecule is CSCCC(NC(=O)CCC1CCNCC1)c1nc2ccccc2[nH]1. The first kappa shape index (κ1) is 18.3. The topological polar surface area (TPSA) is 69.8 Å². The van der Waals surface area contributed by atoms with Gasteiger partial charge in [0.1, 0.15) is 5.82 Å². The van der Waals surface area contributed by atoms with Crippen molar-refractivity contribution in [3.63, 3.8) is 0 Å². The van der Waals surface area contributed by atoms with Gasteiger partial charge in [-0.1, -0.05) is 12.1 Å². The van der Waals surface area contributed by atoms with Crippen LogP contribution in [0.2, 0.25) is 0 Å². The number of imidazole rings is 1. The third-order valence-electron chi connectivity index (χ3n) is 4.92. The summed E-state index contributed by atoms with van der Waals surface area (Å²) in [5.41, 5.74) is 1.98. The molecule has 1 aromatic heterocycles. The Labute approximate surface area is 153 Å². The summed E-state index contributed by atoms with van der Waals surface area (Å²) in [6.07, 6.45) is 6.96. The second-order valence-electron chi connectivity index (χ2n) is 6.77. The van der Waals surface area contributed by atoms with Crippen LogP contribution in [0.3, 0.4) is 0 Å². The molecule has 1 saturated heterocycles. The molecule has 0 saturated carbocycles. The molecule has 0 radical (unpaired) electrons. The second kappa shape index (κ2) is 9.25. The number of nitrogens with zero attached hydrogens (tertiary/aromatic N) is 1. The number of H-pyrrole nitrogens is 1. The highest BCUT2D eigenvalue weighted by molar-refractivity contribution is 7.98. The van der Waals surface area contributed by atoms with Gasteiger partial charge in [-0.2, -0.15) is 11.8 Å². The van der Waals surface area contributed by atoms with Crippen molar-refractivity contribution in [2.75, 3.05) is 25.1 Å². The van der Waals surface area contributed by atoms with Crippen LogP contribution in [0.15, 0.2) is 24.3 Å². The molecule has 3 N–H and O–H groups in total.